The molecule has 19 heavy (non-hydrogen) atoms. The van der Waals surface area contributed by atoms with Gasteiger partial charge in [0.15, 0.2) is 0 Å². The van der Waals surface area contributed by atoms with Crippen molar-refractivity contribution < 1.29 is 13.2 Å². The van der Waals surface area contributed by atoms with Gasteiger partial charge in [-0.2, -0.15) is 0 Å². The van der Waals surface area contributed by atoms with Crippen LogP contribution in [-0.4, -0.2) is 19.9 Å². The topological polar surface area (TPSA) is 115 Å². The summed E-state index contributed by atoms with van der Waals surface area (Å²) in [4.78, 5) is 11.8. The fourth-order valence-corrected chi connectivity index (χ4v) is 2.83. The summed E-state index contributed by atoms with van der Waals surface area (Å²) < 4.78 is 22.8. The molecule has 1 fully saturated rings. The summed E-state index contributed by atoms with van der Waals surface area (Å²) >= 11 is 0. The van der Waals surface area contributed by atoms with E-state index in [1.165, 1.54) is 12.1 Å². The van der Waals surface area contributed by atoms with Gasteiger partial charge in [-0.3, -0.25) is 4.79 Å². The van der Waals surface area contributed by atoms with Crippen molar-refractivity contribution in [3.05, 3.63) is 24.3 Å². The van der Waals surface area contributed by atoms with Crippen LogP contribution in [0, 0.1) is 0 Å². The fraction of sp³-hybridized carbons (Fsp3) is 0.417. The summed E-state index contributed by atoms with van der Waals surface area (Å²) in [7, 11) is -3.86. The maximum atomic E-state index is 11.9. The smallest absolute Gasteiger partial charge is 0.240 e. The zero-order valence-electron chi connectivity index (χ0n) is 10.4. The monoisotopic (exact) mass is 283 g/mol. The summed E-state index contributed by atoms with van der Waals surface area (Å²) in [5.41, 5.74) is 5.73. The number of sulfonamides is 1. The number of para-hydroxylation sites is 1. The molecule has 0 heterocycles. The van der Waals surface area contributed by atoms with E-state index in [0.29, 0.717) is 0 Å². The molecular weight excluding hydrogens is 266 g/mol. The van der Waals surface area contributed by atoms with E-state index in [0.717, 1.165) is 19.3 Å². The number of hydrogen-bond acceptors (Lipinski definition) is 4. The van der Waals surface area contributed by atoms with Crippen molar-refractivity contribution >= 4 is 21.6 Å². The van der Waals surface area contributed by atoms with E-state index < -0.39 is 15.6 Å². The molecule has 0 saturated heterocycles. The molecule has 1 aliphatic carbocycles. The standard InChI is InChI=1S/C12H17N3O3S/c13-12(6-3-7-12)8-11(16)15-9-4-1-2-5-10(9)19(14,17)18/h1-2,4-5H,3,6-8,13H2,(H,15,16)(H2,14,17,18). The molecule has 7 heteroatoms. The Morgan fingerprint density at radius 2 is 1.95 bits per heavy atom. The molecule has 1 aromatic rings. The second-order valence-corrected chi connectivity index (χ2v) is 6.51. The quantitative estimate of drug-likeness (QED) is 0.748. The van der Waals surface area contributed by atoms with Crippen LogP contribution in [0.3, 0.4) is 0 Å². The molecular formula is C12H17N3O3S. The second-order valence-electron chi connectivity index (χ2n) is 4.98. The third-order valence-corrected chi connectivity index (χ3v) is 4.30. The lowest BCUT2D eigenvalue weighted by atomic mass is 9.75. The number of primary sulfonamides is 1. The predicted molar refractivity (Wildman–Crippen MR) is 71.8 cm³/mol. The van der Waals surface area contributed by atoms with E-state index in [-0.39, 0.29) is 22.9 Å². The number of anilines is 1. The van der Waals surface area contributed by atoms with Gasteiger partial charge in [-0.1, -0.05) is 12.1 Å². The molecule has 0 radical (unpaired) electrons. The first-order chi connectivity index (χ1) is 8.80. The Bertz CT molecular complexity index is 594. The van der Waals surface area contributed by atoms with E-state index in [1.54, 1.807) is 12.1 Å². The Labute approximate surface area is 112 Å². The fourth-order valence-electron chi connectivity index (χ4n) is 2.14. The minimum Gasteiger partial charge on any atom is -0.325 e. The molecule has 0 atom stereocenters. The molecule has 104 valence electrons. The molecule has 0 spiro atoms. The Balaban J connectivity index is 2.13. The average Bonchev–Trinajstić information content (AvgIpc) is 2.26. The Hall–Kier alpha value is -1.44. The van der Waals surface area contributed by atoms with Gasteiger partial charge in [-0.25, -0.2) is 13.6 Å². The molecule has 6 nitrogen and oxygen atoms in total. The van der Waals surface area contributed by atoms with Crippen LogP contribution in [0.25, 0.3) is 0 Å². The van der Waals surface area contributed by atoms with Gasteiger partial charge < -0.3 is 11.1 Å². The van der Waals surface area contributed by atoms with Gasteiger partial charge in [0.1, 0.15) is 4.90 Å². The first-order valence-electron chi connectivity index (χ1n) is 6.01. The number of nitrogens with one attached hydrogen (secondary N) is 1. The van der Waals surface area contributed by atoms with Crippen LogP contribution in [0.2, 0.25) is 0 Å². The highest BCUT2D eigenvalue weighted by atomic mass is 32.2. The minimum absolute atomic E-state index is 0.0944. The van der Waals surface area contributed by atoms with Crippen LogP contribution in [0.5, 0.6) is 0 Å². The molecule has 1 aliphatic rings. The van der Waals surface area contributed by atoms with Crippen molar-refractivity contribution in [2.24, 2.45) is 10.9 Å². The van der Waals surface area contributed by atoms with Crippen molar-refractivity contribution in [1.29, 1.82) is 0 Å². The maximum absolute atomic E-state index is 11.9. The van der Waals surface area contributed by atoms with Gasteiger partial charge >= 0.3 is 0 Å². The van der Waals surface area contributed by atoms with Gasteiger partial charge in [-0.15, -0.1) is 0 Å². The summed E-state index contributed by atoms with van der Waals surface area (Å²) in [5.74, 6) is -0.293. The summed E-state index contributed by atoms with van der Waals surface area (Å²) in [6.07, 6.45) is 2.85. The highest BCUT2D eigenvalue weighted by molar-refractivity contribution is 7.89. The van der Waals surface area contributed by atoms with Gasteiger partial charge in [-0.05, 0) is 31.4 Å². The van der Waals surface area contributed by atoms with Crippen molar-refractivity contribution in [2.75, 3.05) is 5.32 Å². The molecule has 5 N–H and O–H groups in total. The Kier molecular flexibility index (Phi) is 3.62. The van der Waals surface area contributed by atoms with E-state index in [9.17, 15) is 13.2 Å². The van der Waals surface area contributed by atoms with Crippen molar-refractivity contribution in [2.45, 2.75) is 36.1 Å². The lowest BCUT2D eigenvalue weighted by Crippen LogP contribution is -2.49. The lowest BCUT2D eigenvalue weighted by molar-refractivity contribution is -0.118. The van der Waals surface area contributed by atoms with E-state index in [4.69, 9.17) is 10.9 Å². The summed E-state index contributed by atoms with van der Waals surface area (Å²) in [6, 6.07) is 6.03. The van der Waals surface area contributed by atoms with Gasteiger partial charge in [0, 0.05) is 12.0 Å². The summed E-state index contributed by atoms with van der Waals surface area (Å²) in [5, 5.41) is 7.66. The van der Waals surface area contributed by atoms with E-state index in [2.05, 4.69) is 5.32 Å². The van der Waals surface area contributed by atoms with Gasteiger partial charge in [0.2, 0.25) is 15.9 Å². The van der Waals surface area contributed by atoms with Gasteiger partial charge in [0.05, 0.1) is 5.69 Å². The van der Waals surface area contributed by atoms with Crippen molar-refractivity contribution in [3.8, 4) is 0 Å². The first-order valence-corrected chi connectivity index (χ1v) is 7.55. The molecule has 0 aromatic heterocycles. The summed E-state index contributed by atoms with van der Waals surface area (Å²) in [6.45, 7) is 0. The van der Waals surface area contributed by atoms with Crippen LogP contribution in [0.15, 0.2) is 29.2 Å². The second kappa shape index (κ2) is 4.92. The van der Waals surface area contributed by atoms with Gasteiger partial charge in [0.25, 0.3) is 0 Å². The predicted octanol–water partition coefficient (Wildman–Crippen LogP) is 0.544. The lowest BCUT2D eigenvalue weighted by Gasteiger charge is -2.37. The number of rotatable bonds is 4. The van der Waals surface area contributed by atoms with Crippen LogP contribution in [0.4, 0.5) is 5.69 Å². The van der Waals surface area contributed by atoms with Crippen LogP contribution < -0.4 is 16.2 Å². The number of carbonyl (C=O) groups is 1. The molecule has 0 aliphatic heterocycles. The molecule has 0 bridgehead atoms. The first kappa shape index (κ1) is 14.0. The normalized spacial score (nSPS) is 17.6. The van der Waals surface area contributed by atoms with E-state index >= 15 is 0 Å². The maximum Gasteiger partial charge on any atom is 0.240 e. The third-order valence-electron chi connectivity index (χ3n) is 3.33. The zero-order chi connectivity index (χ0) is 14.1. The Morgan fingerprint density at radius 1 is 1.32 bits per heavy atom. The third kappa shape index (κ3) is 3.31. The van der Waals surface area contributed by atoms with Crippen LogP contribution >= 0.6 is 0 Å². The number of nitrogens with two attached hydrogens (primary N) is 2. The molecule has 0 unspecified atom stereocenters. The average molecular weight is 283 g/mol. The number of benzene rings is 1. The Morgan fingerprint density at radius 3 is 2.47 bits per heavy atom. The zero-order valence-corrected chi connectivity index (χ0v) is 11.2. The highest BCUT2D eigenvalue weighted by Crippen LogP contribution is 2.32. The molecule has 1 amide bonds. The molecule has 1 aromatic carbocycles. The molecule has 1 saturated carbocycles. The van der Waals surface area contributed by atoms with Crippen LogP contribution in [0.1, 0.15) is 25.7 Å². The number of hydrogen-bond donors (Lipinski definition) is 3. The highest BCUT2D eigenvalue weighted by Gasteiger charge is 2.34. The van der Waals surface area contributed by atoms with Crippen molar-refractivity contribution in [1.82, 2.24) is 0 Å². The van der Waals surface area contributed by atoms with Crippen LogP contribution in [-0.2, 0) is 14.8 Å². The number of carbonyl (C=O) groups excluding carboxylic acids is 1. The van der Waals surface area contributed by atoms with E-state index in [1.807, 2.05) is 0 Å². The SMILES string of the molecule is NC1(CC(=O)Nc2ccccc2S(N)(=O)=O)CCC1. The molecule has 2 rings (SSSR count). The minimum atomic E-state index is -3.86. The van der Waals surface area contributed by atoms with Crippen molar-refractivity contribution in [3.63, 3.8) is 0 Å². The largest absolute Gasteiger partial charge is 0.325 e. The number of amides is 1.